The van der Waals surface area contributed by atoms with Crippen LogP contribution in [-0.4, -0.2) is 28.3 Å². The molecule has 1 fully saturated rings. The van der Waals surface area contributed by atoms with Gasteiger partial charge in [0.25, 0.3) is 0 Å². The molecule has 1 aliphatic rings. The summed E-state index contributed by atoms with van der Waals surface area (Å²) in [6.07, 6.45) is 7.06. The first-order valence-corrected chi connectivity index (χ1v) is 7.67. The van der Waals surface area contributed by atoms with Gasteiger partial charge in [0.2, 0.25) is 0 Å². The van der Waals surface area contributed by atoms with Crippen LogP contribution in [0.25, 0.3) is 0 Å². The molecule has 5 heteroatoms. The lowest BCUT2D eigenvalue weighted by Gasteiger charge is -2.25. The third kappa shape index (κ3) is 5.08. The van der Waals surface area contributed by atoms with E-state index >= 15 is 0 Å². The van der Waals surface area contributed by atoms with E-state index in [0.29, 0.717) is 6.04 Å². The summed E-state index contributed by atoms with van der Waals surface area (Å²) in [4.78, 5) is 11.9. The van der Waals surface area contributed by atoms with E-state index in [1.165, 1.54) is 5.56 Å². The van der Waals surface area contributed by atoms with Gasteiger partial charge in [0.15, 0.2) is 0 Å². The summed E-state index contributed by atoms with van der Waals surface area (Å²) in [5, 5.41) is 6.54. The number of rotatable bonds is 4. The molecule has 5 nitrogen and oxygen atoms in total. The maximum atomic E-state index is 11.9. The van der Waals surface area contributed by atoms with Gasteiger partial charge in [0, 0.05) is 38.1 Å². The minimum absolute atomic E-state index is 0.156. The first-order valence-electron chi connectivity index (χ1n) is 7.67. The molecule has 0 bridgehead atoms. The van der Waals surface area contributed by atoms with Crippen molar-refractivity contribution in [2.45, 2.75) is 64.3 Å². The zero-order valence-electron chi connectivity index (χ0n) is 13.5. The lowest BCUT2D eigenvalue weighted by atomic mass is 10.1. The Balaban J connectivity index is 1.81. The molecular formula is C16H27N3O2. The molecule has 2 atom stereocenters. The van der Waals surface area contributed by atoms with Crippen LogP contribution in [0.15, 0.2) is 18.5 Å². The quantitative estimate of drug-likeness (QED) is 0.897. The van der Waals surface area contributed by atoms with Crippen LogP contribution in [0.3, 0.4) is 0 Å². The van der Waals surface area contributed by atoms with Crippen molar-refractivity contribution in [1.82, 2.24) is 15.2 Å². The van der Waals surface area contributed by atoms with Crippen LogP contribution < -0.4 is 10.6 Å². The zero-order valence-corrected chi connectivity index (χ0v) is 13.5. The number of amides is 1. The minimum atomic E-state index is -0.449. The summed E-state index contributed by atoms with van der Waals surface area (Å²) < 4.78 is 7.38. The minimum Gasteiger partial charge on any atom is -0.444 e. The summed E-state index contributed by atoms with van der Waals surface area (Å²) in [7, 11) is 2.02. The van der Waals surface area contributed by atoms with Crippen LogP contribution in [0, 0.1) is 0 Å². The van der Waals surface area contributed by atoms with Crippen LogP contribution in [-0.2, 0) is 18.3 Å². The van der Waals surface area contributed by atoms with Crippen LogP contribution in [0.2, 0.25) is 0 Å². The Morgan fingerprint density at radius 3 is 2.71 bits per heavy atom. The molecule has 1 aromatic heterocycles. The molecular weight excluding hydrogens is 266 g/mol. The highest BCUT2D eigenvalue weighted by molar-refractivity contribution is 5.68. The van der Waals surface area contributed by atoms with Crippen molar-refractivity contribution in [3.8, 4) is 0 Å². The van der Waals surface area contributed by atoms with Gasteiger partial charge in [-0.2, -0.15) is 0 Å². The van der Waals surface area contributed by atoms with Gasteiger partial charge in [-0.1, -0.05) is 0 Å². The number of aromatic nitrogens is 1. The molecule has 0 spiro atoms. The molecule has 0 aromatic carbocycles. The van der Waals surface area contributed by atoms with Gasteiger partial charge in [0.05, 0.1) is 0 Å². The fourth-order valence-electron chi connectivity index (χ4n) is 2.75. The Bertz CT molecular complexity index is 476. The van der Waals surface area contributed by atoms with Crippen LogP contribution in [0.1, 0.15) is 45.6 Å². The van der Waals surface area contributed by atoms with E-state index < -0.39 is 5.60 Å². The number of hydrogen-bond donors (Lipinski definition) is 2. The van der Waals surface area contributed by atoms with Gasteiger partial charge in [-0.05, 0) is 51.7 Å². The second-order valence-electron chi connectivity index (χ2n) is 6.86. The van der Waals surface area contributed by atoms with Crippen LogP contribution in [0.5, 0.6) is 0 Å². The monoisotopic (exact) mass is 293 g/mol. The summed E-state index contributed by atoms with van der Waals surface area (Å²) in [5.41, 5.74) is 0.816. The smallest absolute Gasteiger partial charge is 0.407 e. The zero-order chi connectivity index (χ0) is 15.5. The van der Waals surface area contributed by atoms with Gasteiger partial charge in [-0.15, -0.1) is 0 Å². The molecule has 0 saturated heterocycles. The molecule has 2 N–H and O–H groups in total. The number of nitrogens with zero attached hydrogens (tertiary/aromatic N) is 1. The molecule has 1 aromatic rings. The third-order valence-corrected chi connectivity index (χ3v) is 3.68. The van der Waals surface area contributed by atoms with Gasteiger partial charge in [0.1, 0.15) is 5.60 Å². The van der Waals surface area contributed by atoms with E-state index in [9.17, 15) is 4.79 Å². The highest BCUT2D eigenvalue weighted by Gasteiger charge is 2.29. The van der Waals surface area contributed by atoms with Crippen LogP contribution >= 0.6 is 0 Å². The number of aryl methyl sites for hydroxylation is 1. The number of carbonyl (C=O) groups excluding carboxylic acids is 1. The molecule has 2 unspecified atom stereocenters. The lowest BCUT2D eigenvalue weighted by Crippen LogP contribution is -2.47. The van der Waals surface area contributed by atoms with E-state index in [1.807, 2.05) is 38.6 Å². The third-order valence-electron chi connectivity index (χ3n) is 3.68. The Morgan fingerprint density at radius 2 is 2.10 bits per heavy atom. The number of nitrogens with one attached hydrogen (secondary N) is 2. The molecule has 0 aliphatic heterocycles. The highest BCUT2D eigenvalue weighted by atomic mass is 16.6. The molecule has 1 amide bonds. The van der Waals surface area contributed by atoms with E-state index in [0.717, 1.165) is 25.8 Å². The Labute approximate surface area is 127 Å². The van der Waals surface area contributed by atoms with Crippen molar-refractivity contribution in [3.63, 3.8) is 0 Å². The molecule has 118 valence electrons. The molecule has 0 radical (unpaired) electrons. The van der Waals surface area contributed by atoms with Gasteiger partial charge in [-0.25, -0.2) is 4.79 Å². The number of alkyl carbamates (subject to hydrolysis) is 1. The lowest BCUT2D eigenvalue weighted by molar-refractivity contribution is 0.0498. The first kappa shape index (κ1) is 15.9. The van der Waals surface area contributed by atoms with E-state index in [4.69, 9.17) is 4.74 Å². The van der Waals surface area contributed by atoms with Crippen molar-refractivity contribution in [3.05, 3.63) is 24.0 Å². The van der Waals surface area contributed by atoms with E-state index in [2.05, 4.69) is 22.9 Å². The Hall–Kier alpha value is -1.49. The van der Waals surface area contributed by atoms with Gasteiger partial charge >= 0.3 is 6.09 Å². The van der Waals surface area contributed by atoms with Crippen LogP contribution in [0.4, 0.5) is 4.79 Å². The standard InChI is InChI=1S/C16H27N3O2/c1-16(2,3)21-15(20)18-14-7-5-6-13(14)17-10-12-8-9-19(4)11-12/h8-9,11,13-14,17H,5-7,10H2,1-4H3,(H,18,20). The summed E-state index contributed by atoms with van der Waals surface area (Å²) >= 11 is 0. The molecule has 2 rings (SSSR count). The first-order chi connectivity index (χ1) is 9.83. The fraction of sp³-hybridized carbons (Fsp3) is 0.688. The molecule has 1 heterocycles. The predicted octanol–water partition coefficient (Wildman–Crippen LogP) is 2.56. The number of hydrogen-bond acceptors (Lipinski definition) is 3. The van der Waals surface area contributed by atoms with Crippen molar-refractivity contribution < 1.29 is 9.53 Å². The van der Waals surface area contributed by atoms with Crippen molar-refractivity contribution in [2.24, 2.45) is 7.05 Å². The number of ether oxygens (including phenoxy) is 1. The fourth-order valence-corrected chi connectivity index (χ4v) is 2.75. The van der Waals surface area contributed by atoms with Crippen molar-refractivity contribution in [1.29, 1.82) is 0 Å². The van der Waals surface area contributed by atoms with E-state index in [-0.39, 0.29) is 12.1 Å². The Kier molecular flexibility index (Phi) is 4.93. The summed E-state index contributed by atoms with van der Waals surface area (Å²) in [5.74, 6) is 0. The highest BCUT2D eigenvalue weighted by Crippen LogP contribution is 2.20. The largest absolute Gasteiger partial charge is 0.444 e. The second kappa shape index (κ2) is 6.52. The molecule has 21 heavy (non-hydrogen) atoms. The average molecular weight is 293 g/mol. The van der Waals surface area contributed by atoms with E-state index in [1.54, 1.807) is 0 Å². The van der Waals surface area contributed by atoms with Gasteiger partial charge in [-0.3, -0.25) is 0 Å². The Morgan fingerprint density at radius 1 is 1.38 bits per heavy atom. The summed E-state index contributed by atoms with van der Waals surface area (Å²) in [6, 6.07) is 2.58. The number of carbonyl (C=O) groups is 1. The van der Waals surface area contributed by atoms with Gasteiger partial charge < -0.3 is 19.9 Å². The SMILES string of the molecule is Cn1ccc(CNC2CCCC2NC(=O)OC(C)(C)C)c1. The average Bonchev–Trinajstić information content (AvgIpc) is 2.93. The predicted molar refractivity (Wildman–Crippen MR) is 83.0 cm³/mol. The maximum absolute atomic E-state index is 11.9. The normalized spacial score (nSPS) is 22.3. The molecule has 1 aliphatic carbocycles. The maximum Gasteiger partial charge on any atom is 0.407 e. The van der Waals surface area contributed by atoms with Crippen molar-refractivity contribution >= 4 is 6.09 Å². The summed E-state index contributed by atoms with van der Waals surface area (Å²) in [6.45, 7) is 6.48. The molecule has 1 saturated carbocycles. The van der Waals surface area contributed by atoms with Crippen molar-refractivity contribution in [2.75, 3.05) is 0 Å². The topological polar surface area (TPSA) is 55.3 Å². The second-order valence-corrected chi connectivity index (χ2v) is 6.86.